The summed E-state index contributed by atoms with van der Waals surface area (Å²) < 4.78 is 28.6. The van der Waals surface area contributed by atoms with Crippen LogP contribution in [0.1, 0.15) is 16.2 Å². The lowest BCUT2D eigenvalue weighted by Gasteiger charge is -2.14. The number of amides is 1. The van der Waals surface area contributed by atoms with Gasteiger partial charge in [0.15, 0.2) is 0 Å². The lowest BCUT2D eigenvalue weighted by Crippen LogP contribution is -2.26. The topological polar surface area (TPSA) is 128 Å². The molecule has 1 heterocycles. The van der Waals surface area contributed by atoms with E-state index in [1.807, 2.05) is 0 Å². The van der Waals surface area contributed by atoms with E-state index in [2.05, 4.69) is 15.0 Å². The van der Waals surface area contributed by atoms with Crippen molar-refractivity contribution in [2.45, 2.75) is 11.8 Å². The molecule has 9 nitrogen and oxygen atoms in total. The standard InChI is InChI=1S/C12H12ClN5O4S/c1-7-15-11(17-12(16-7)22-2)18(13)10(19)8-5-3-4-6-9(8)23(14,20)21/h3-6H,1-2H3,(H2,14,20,21). The number of aryl methyl sites for hydroxylation is 1. The van der Waals surface area contributed by atoms with Gasteiger partial charge in [0, 0.05) is 11.8 Å². The molecule has 0 unspecified atom stereocenters. The number of carbonyl (C=O) groups excluding carboxylic acids is 1. The van der Waals surface area contributed by atoms with Gasteiger partial charge < -0.3 is 4.74 Å². The van der Waals surface area contributed by atoms with Crippen molar-refractivity contribution in [3.8, 4) is 6.01 Å². The van der Waals surface area contributed by atoms with E-state index >= 15 is 0 Å². The van der Waals surface area contributed by atoms with Crippen molar-refractivity contribution >= 4 is 33.7 Å². The number of primary sulfonamides is 1. The van der Waals surface area contributed by atoms with Gasteiger partial charge in [0.2, 0.25) is 10.0 Å². The number of methoxy groups -OCH3 is 1. The molecule has 0 saturated carbocycles. The maximum absolute atomic E-state index is 12.5. The fourth-order valence-corrected chi connectivity index (χ4v) is 2.61. The minimum atomic E-state index is -4.10. The summed E-state index contributed by atoms with van der Waals surface area (Å²) in [6.45, 7) is 1.56. The van der Waals surface area contributed by atoms with Crippen LogP contribution in [-0.2, 0) is 10.0 Å². The van der Waals surface area contributed by atoms with Crippen LogP contribution in [0.2, 0.25) is 0 Å². The summed E-state index contributed by atoms with van der Waals surface area (Å²) in [4.78, 5) is 23.7. The monoisotopic (exact) mass is 357 g/mol. The summed E-state index contributed by atoms with van der Waals surface area (Å²) in [6.07, 6.45) is 0. The molecule has 2 aromatic rings. The average Bonchev–Trinajstić information content (AvgIpc) is 2.52. The number of ether oxygens (including phenoxy) is 1. The number of halogens is 1. The molecule has 0 aliphatic heterocycles. The summed E-state index contributed by atoms with van der Waals surface area (Å²) in [6, 6.07) is 5.36. The van der Waals surface area contributed by atoms with E-state index in [-0.39, 0.29) is 28.2 Å². The summed E-state index contributed by atoms with van der Waals surface area (Å²) in [5.74, 6) is -0.792. The molecule has 23 heavy (non-hydrogen) atoms. The third-order valence-electron chi connectivity index (χ3n) is 2.68. The molecule has 0 atom stereocenters. The van der Waals surface area contributed by atoms with Crippen LogP contribution in [0.25, 0.3) is 0 Å². The zero-order valence-electron chi connectivity index (χ0n) is 12.1. The Kier molecular flexibility index (Phi) is 4.78. The van der Waals surface area contributed by atoms with E-state index in [1.165, 1.54) is 31.4 Å². The van der Waals surface area contributed by atoms with E-state index in [9.17, 15) is 13.2 Å². The molecule has 2 N–H and O–H groups in total. The highest BCUT2D eigenvalue weighted by Gasteiger charge is 2.25. The summed E-state index contributed by atoms with van der Waals surface area (Å²) in [5, 5.41) is 5.10. The van der Waals surface area contributed by atoms with Crippen LogP contribution in [0.3, 0.4) is 0 Å². The Balaban J connectivity index is 2.48. The van der Waals surface area contributed by atoms with Crippen LogP contribution in [0.4, 0.5) is 5.95 Å². The summed E-state index contributed by atoms with van der Waals surface area (Å²) in [5.41, 5.74) is -0.206. The van der Waals surface area contributed by atoms with Crippen LogP contribution < -0.4 is 14.3 Å². The second-order valence-electron chi connectivity index (χ2n) is 4.30. The number of nitrogens with zero attached hydrogens (tertiary/aromatic N) is 4. The SMILES string of the molecule is COc1nc(C)nc(N(Cl)C(=O)c2ccccc2S(N)(=O)=O)n1. The molecule has 122 valence electrons. The Hall–Kier alpha value is -2.30. The Bertz CT molecular complexity index is 858. The van der Waals surface area contributed by atoms with Crippen molar-refractivity contribution in [2.75, 3.05) is 11.5 Å². The first-order valence-electron chi connectivity index (χ1n) is 6.12. The Morgan fingerprint density at radius 1 is 1.26 bits per heavy atom. The lowest BCUT2D eigenvalue weighted by atomic mass is 10.2. The third-order valence-corrected chi connectivity index (χ3v) is 3.95. The maximum atomic E-state index is 12.5. The average molecular weight is 358 g/mol. The van der Waals surface area contributed by atoms with Gasteiger partial charge in [-0.2, -0.15) is 19.4 Å². The smallest absolute Gasteiger partial charge is 0.321 e. The van der Waals surface area contributed by atoms with Crippen molar-refractivity contribution in [2.24, 2.45) is 5.14 Å². The molecule has 2 rings (SSSR count). The minimum Gasteiger partial charge on any atom is -0.467 e. The molecule has 0 radical (unpaired) electrons. The fraction of sp³-hybridized carbons (Fsp3) is 0.167. The predicted molar refractivity (Wildman–Crippen MR) is 81.6 cm³/mol. The minimum absolute atomic E-state index is 0.0364. The van der Waals surface area contributed by atoms with Gasteiger partial charge in [-0.25, -0.2) is 13.6 Å². The van der Waals surface area contributed by atoms with Crippen molar-refractivity contribution in [3.05, 3.63) is 35.7 Å². The van der Waals surface area contributed by atoms with Crippen molar-refractivity contribution < 1.29 is 17.9 Å². The zero-order valence-corrected chi connectivity index (χ0v) is 13.7. The Morgan fingerprint density at radius 3 is 2.52 bits per heavy atom. The van der Waals surface area contributed by atoms with Gasteiger partial charge in [0.25, 0.3) is 11.9 Å². The highest BCUT2D eigenvalue weighted by atomic mass is 35.5. The van der Waals surface area contributed by atoms with E-state index in [4.69, 9.17) is 21.7 Å². The van der Waals surface area contributed by atoms with Gasteiger partial charge in [-0.15, -0.1) is 0 Å². The number of carbonyl (C=O) groups is 1. The lowest BCUT2D eigenvalue weighted by molar-refractivity contribution is 0.100. The quantitative estimate of drug-likeness (QED) is 0.795. The first-order chi connectivity index (χ1) is 10.7. The molecular weight excluding hydrogens is 346 g/mol. The molecule has 0 fully saturated rings. The number of rotatable bonds is 4. The molecule has 0 aliphatic carbocycles. The predicted octanol–water partition coefficient (Wildman–Crippen LogP) is 0.637. The number of hydrogen-bond acceptors (Lipinski definition) is 7. The van der Waals surface area contributed by atoms with Crippen LogP contribution in [0, 0.1) is 6.92 Å². The van der Waals surface area contributed by atoms with Crippen molar-refractivity contribution in [1.29, 1.82) is 0 Å². The molecular formula is C12H12ClN5O4S. The third kappa shape index (κ3) is 3.73. The second kappa shape index (κ2) is 6.44. The number of aromatic nitrogens is 3. The molecule has 1 aromatic carbocycles. The van der Waals surface area contributed by atoms with Gasteiger partial charge in [-0.3, -0.25) is 4.79 Å². The second-order valence-corrected chi connectivity index (χ2v) is 6.16. The number of benzene rings is 1. The van der Waals surface area contributed by atoms with Gasteiger partial charge >= 0.3 is 6.01 Å². The van der Waals surface area contributed by atoms with Crippen molar-refractivity contribution in [3.63, 3.8) is 0 Å². The first kappa shape index (κ1) is 17.1. The number of hydrogen-bond donors (Lipinski definition) is 1. The van der Waals surface area contributed by atoms with Crippen LogP contribution in [0.15, 0.2) is 29.2 Å². The molecule has 1 aromatic heterocycles. The normalized spacial score (nSPS) is 11.1. The molecule has 0 spiro atoms. The summed E-state index contributed by atoms with van der Waals surface area (Å²) in [7, 11) is -2.76. The van der Waals surface area contributed by atoms with Crippen LogP contribution in [0.5, 0.6) is 6.01 Å². The Labute approximate surface area is 137 Å². The fourth-order valence-electron chi connectivity index (χ4n) is 1.71. The number of anilines is 1. The number of sulfonamides is 1. The highest BCUT2D eigenvalue weighted by molar-refractivity contribution is 7.89. The highest BCUT2D eigenvalue weighted by Crippen LogP contribution is 2.21. The molecule has 0 aliphatic rings. The zero-order chi connectivity index (χ0) is 17.2. The van der Waals surface area contributed by atoms with Gasteiger partial charge in [0.1, 0.15) is 5.82 Å². The van der Waals surface area contributed by atoms with Crippen LogP contribution in [-0.4, -0.2) is 36.4 Å². The maximum Gasteiger partial charge on any atom is 0.321 e. The van der Waals surface area contributed by atoms with E-state index in [1.54, 1.807) is 6.92 Å². The van der Waals surface area contributed by atoms with E-state index in [0.717, 1.165) is 0 Å². The molecule has 11 heteroatoms. The van der Waals surface area contributed by atoms with E-state index < -0.39 is 15.9 Å². The van der Waals surface area contributed by atoms with Gasteiger partial charge in [0.05, 0.1) is 17.6 Å². The van der Waals surface area contributed by atoms with E-state index in [0.29, 0.717) is 4.42 Å². The first-order valence-corrected chi connectivity index (χ1v) is 8.01. The largest absolute Gasteiger partial charge is 0.467 e. The molecule has 0 bridgehead atoms. The summed E-state index contributed by atoms with van der Waals surface area (Å²) >= 11 is 5.95. The van der Waals surface area contributed by atoms with Crippen molar-refractivity contribution in [1.82, 2.24) is 15.0 Å². The molecule has 0 saturated heterocycles. The number of nitrogens with two attached hydrogens (primary N) is 1. The van der Waals surface area contributed by atoms with Gasteiger partial charge in [-0.1, -0.05) is 12.1 Å². The van der Waals surface area contributed by atoms with Crippen LogP contribution >= 0.6 is 11.8 Å². The Morgan fingerprint density at radius 2 is 1.91 bits per heavy atom. The van der Waals surface area contributed by atoms with Gasteiger partial charge in [-0.05, 0) is 19.1 Å². The molecule has 1 amide bonds.